The second-order valence-electron chi connectivity index (χ2n) is 17.2. The van der Waals surface area contributed by atoms with Gasteiger partial charge in [-0.05, 0) is 160 Å². The fourth-order valence-corrected chi connectivity index (χ4v) is 9.10. The minimum absolute atomic E-state index is 0.667. The Hall–Kier alpha value is -9.26. The summed E-state index contributed by atoms with van der Waals surface area (Å²) in [6.07, 6.45) is 32.2. The predicted molar refractivity (Wildman–Crippen MR) is 275 cm³/mol. The first-order chi connectivity index (χ1) is 33.1. The third-order valence-electron chi connectivity index (χ3n) is 13.1. The van der Waals surface area contributed by atoms with Gasteiger partial charge in [0, 0.05) is 61.4 Å². The number of fused-ring (bicyclic) bond motifs is 10. The van der Waals surface area contributed by atoms with E-state index in [2.05, 4.69) is 130 Å². The highest BCUT2D eigenvalue weighted by atomic mass is 15.3. The van der Waals surface area contributed by atoms with E-state index in [1.165, 1.54) is 0 Å². The van der Waals surface area contributed by atoms with E-state index >= 15 is 0 Å². The molecule has 2 aromatic heterocycles. The number of H-pyrrole nitrogens is 2. The summed E-state index contributed by atoms with van der Waals surface area (Å²) >= 11 is 0. The molecule has 12 nitrogen and oxygen atoms in total. The summed E-state index contributed by atoms with van der Waals surface area (Å²) < 4.78 is 0. The monoisotopic (exact) mass is 882 g/mol. The lowest BCUT2D eigenvalue weighted by molar-refractivity contribution is 0.574. The van der Waals surface area contributed by atoms with Gasteiger partial charge in [0.25, 0.3) is 0 Å². The molecular weight excluding hydrogens is 841 g/mol. The molecule has 0 spiro atoms. The van der Waals surface area contributed by atoms with Crippen molar-refractivity contribution < 1.29 is 0 Å². The molecule has 16 bridgehead atoms. The van der Waals surface area contributed by atoms with Crippen molar-refractivity contribution in [2.45, 2.75) is 27.7 Å². The number of aliphatic imine (C=N–C) groups is 6. The molecule has 326 valence electrons. The standard InChI is InChI=1S/C56H42N12/c1-31-37-11-19-45(59-37)35(46-20-12-38(60-46)32(2)42-16-24-50(64-42)53(49-23-15-41(31)63-49)55-57-27-29-67(55)5)9-7-8-10-36-47-21-13-39(61-47)33(3)43-17-25-51(65-43)54(56-58-28-30-68(56)6)52-26-18-44(66-52)34(4)40-14-22-48(36)62-40/h11-30,57-58,63,65H,1-6H3/b37-31?,39-33?,42-32?,44-34?,46-35?,48-36?,55-53-,56-54+. The Morgan fingerprint density at radius 3 is 1.13 bits per heavy atom. The smallest absolute Gasteiger partial charge is 0.121 e. The van der Waals surface area contributed by atoms with Crippen molar-refractivity contribution >= 4 is 56.6 Å². The Kier molecular flexibility index (Phi) is 9.31. The van der Waals surface area contributed by atoms with Gasteiger partial charge in [-0.25, -0.2) is 30.0 Å². The Labute approximate surface area is 393 Å². The summed E-state index contributed by atoms with van der Waals surface area (Å²) in [5.74, 6) is 15.0. The van der Waals surface area contributed by atoms with Crippen LogP contribution in [-0.2, 0) is 0 Å². The molecule has 0 amide bonds. The van der Waals surface area contributed by atoms with Gasteiger partial charge in [-0.1, -0.05) is 0 Å². The van der Waals surface area contributed by atoms with E-state index in [4.69, 9.17) is 30.0 Å². The van der Waals surface area contributed by atoms with Crippen LogP contribution in [0, 0.1) is 23.7 Å². The van der Waals surface area contributed by atoms with Gasteiger partial charge in [-0.15, -0.1) is 0 Å². The molecule has 12 heterocycles. The van der Waals surface area contributed by atoms with Crippen molar-refractivity contribution in [1.82, 2.24) is 30.4 Å². The Morgan fingerprint density at radius 2 is 0.721 bits per heavy atom. The number of nitrogens with one attached hydrogen (secondary N) is 4. The second-order valence-corrected chi connectivity index (χ2v) is 17.2. The van der Waals surface area contributed by atoms with Crippen LogP contribution in [0.25, 0.3) is 22.3 Å². The fraction of sp³-hybridized carbons (Fsp3) is 0.107. The number of hydrogen-bond donors (Lipinski definition) is 4. The van der Waals surface area contributed by atoms with E-state index in [0.29, 0.717) is 34.0 Å². The van der Waals surface area contributed by atoms with Crippen LogP contribution in [0.15, 0.2) is 220 Å². The van der Waals surface area contributed by atoms with Crippen LogP contribution in [0.5, 0.6) is 0 Å². The molecular formula is C56H42N12. The zero-order valence-corrected chi connectivity index (χ0v) is 38.1. The highest BCUT2D eigenvalue weighted by Crippen LogP contribution is 2.35. The molecule has 68 heavy (non-hydrogen) atoms. The average molecular weight is 883 g/mol. The summed E-state index contributed by atoms with van der Waals surface area (Å²) in [4.78, 5) is 42.3. The highest BCUT2D eigenvalue weighted by molar-refractivity contribution is 6.32. The first-order valence-electron chi connectivity index (χ1n) is 22.3. The summed E-state index contributed by atoms with van der Waals surface area (Å²) in [5.41, 5.74) is 20.4. The molecule has 0 saturated heterocycles. The molecule has 0 radical (unpaired) electrons. The number of rotatable bonds is 0. The fourth-order valence-electron chi connectivity index (χ4n) is 9.10. The summed E-state index contributed by atoms with van der Waals surface area (Å²) in [7, 11) is 4.05. The molecule has 2 aromatic rings. The number of aromatic nitrogens is 2. The van der Waals surface area contributed by atoms with E-state index in [9.17, 15) is 0 Å². The first-order valence-corrected chi connectivity index (χ1v) is 22.3. The summed E-state index contributed by atoms with van der Waals surface area (Å²) in [5, 5.41) is 6.83. The molecule has 0 atom stereocenters. The highest BCUT2D eigenvalue weighted by Gasteiger charge is 2.28. The van der Waals surface area contributed by atoms with Gasteiger partial charge in [0.15, 0.2) is 0 Å². The average Bonchev–Trinajstić information content (AvgIpc) is 4.16. The Bertz CT molecular complexity index is 3420. The largest absolute Gasteiger partial charge is 0.355 e. The molecule has 0 fully saturated rings. The van der Waals surface area contributed by atoms with E-state index in [1.807, 2.05) is 87.5 Å². The lowest BCUT2D eigenvalue weighted by Gasteiger charge is -2.17. The molecule has 4 N–H and O–H groups in total. The van der Waals surface area contributed by atoms with E-state index in [-0.39, 0.29) is 0 Å². The Balaban J connectivity index is 0.963. The van der Waals surface area contributed by atoms with Gasteiger partial charge in [-0.3, -0.25) is 0 Å². The van der Waals surface area contributed by atoms with Crippen molar-refractivity contribution in [2.75, 3.05) is 14.1 Å². The van der Waals surface area contributed by atoms with Crippen molar-refractivity contribution in [2.24, 2.45) is 30.0 Å². The first kappa shape index (κ1) is 40.3. The third-order valence-corrected chi connectivity index (χ3v) is 13.1. The van der Waals surface area contributed by atoms with Crippen molar-refractivity contribution in [3.8, 4) is 23.7 Å². The van der Waals surface area contributed by atoms with Crippen LogP contribution in [0.2, 0.25) is 0 Å². The maximum Gasteiger partial charge on any atom is 0.121 e. The van der Waals surface area contributed by atoms with Crippen LogP contribution < -0.4 is 10.6 Å². The zero-order chi connectivity index (χ0) is 46.2. The SMILES string of the molecule is CC1=C2C=CC(=N2)/C(=C2/NC=CN2C)c2ccc([nH]2)C(C)=C2C=CC(=N2)C(C#CC#CC2=C3C=CC(=N3)C(C)=C3C=CC(=N3)/C(=C3\NC=CN3C)c3ccc([nH]3)C(C)=C3C=CC2=N3)=C2C=CC1=N2. The second kappa shape index (κ2) is 15.7. The summed E-state index contributed by atoms with van der Waals surface area (Å²) in [6.45, 7) is 8.25. The van der Waals surface area contributed by atoms with Crippen LogP contribution in [0.1, 0.15) is 50.5 Å². The molecule has 12 rings (SSSR count). The number of nitrogens with zero attached hydrogens (tertiary/aromatic N) is 8. The van der Waals surface area contributed by atoms with Crippen molar-refractivity contribution in [1.29, 1.82) is 0 Å². The van der Waals surface area contributed by atoms with Crippen molar-refractivity contribution in [3.05, 3.63) is 213 Å². The minimum Gasteiger partial charge on any atom is -0.355 e. The predicted octanol–water partition coefficient (Wildman–Crippen LogP) is 9.01. The van der Waals surface area contributed by atoms with Gasteiger partial charge in [0.1, 0.15) is 11.6 Å². The van der Waals surface area contributed by atoms with Gasteiger partial charge in [0.2, 0.25) is 0 Å². The topological polar surface area (TPSA) is 136 Å². The normalized spacial score (nSPS) is 22.7. The van der Waals surface area contributed by atoms with Crippen molar-refractivity contribution in [3.63, 3.8) is 0 Å². The third kappa shape index (κ3) is 6.74. The Morgan fingerprint density at radius 1 is 0.382 bits per heavy atom. The van der Waals surface area contributed by atoms with Crippen LogP contribution >= 0.6 is 0 Å². The minimum atomic E-state index is 0.667. The molecule has 0 aliphatic carbocycles. The number of hydrogen-bond acceptors (Lipinski definition) is 10. The van der Waals surface area contributed by atoms with E-state index < -0.39 is 0 Å². The number of allylic oxidation sites excluding steroid dienone is 20. The molecule has 0 aromatic carbocycles. The lowest BCUT2D eigenvalue weighted by atomic mass is 10.1. The van der Waals surface area contributed by atoms with E-state index in [0.717, 1.165) is 113 Å². The van der Waals surface area contributed by atoms with E-state index in [1.54, 1.807) is 0 Å². The van der Waals surface area contributed by atoms with Gasteiger partial charge < -0.3 is 30.4 Å². The molecule has 10 aliphatic heterocycles. The van der Waals surface area contributed by atoms with Crippen LogP contribution in [0.4, 0.5) is 0 Å². The summed E-state index contributed by atoms with van der Waals surface area (Å²) in [6, 6.07) is 8.38. The van der Waals surface area contributed by atoms with Crippen LogP contribution in [0.3, 0.4) is 0 Å². The molecule has 12 heteroatoms. The van der Waals surface area contributed by atoms with Gasteiger partial charge in [0.05, 0.1) is 102 Å². The lowest BCUT2D eigenvalue weighted by Crippen LogP contribution is -2.19. The van der Waals surface area contributed by atoms with Gasteiger partial charge >= 0.3 is 0 Å². The molecule has 0 unspecified atom stereocenters. The maximum absolute atomic E-state index is 5.15. The van der Waals surface area contributed by atoms with Gasteiger partial charge in [-0.2, -0.15) is 0 Å². The number of aromatic amines is 2. The van der Waals surface area contributed by atoms with Crippen LogP contribution in [-0.4, -0.2) is 68.1 Å². The molecule has 0 saturated carbocycles. The maximum atomic E-state index is 5.15. The molecule has 10 aliphatic rings. The quantitative estimate of drug-likeness (QED) is 0.197. The zero-order valence-electron chi connectivity index (χ0n) is 38.1.